The van der Waals surface area contributed by atoms with Gasteiger partial charge in [-0.3, -0.25) is 0 Å². The standard InChI is InChI=1S/C46H29NO/c1-4-13-33-26-36(21-20-30(33)10-1)41-29-42-45-43(18-9-19-44(45)48-46(42)40-17-8-7-16-39(40)41)47(37-24-22-31-11-2-5-14-34(31)27-37)38-25-23-32-12-3-6-15-35(32)28-38/h1-29H. The van der Waals surface area contributed by atoms with Crippen LogP contribution in [0.4, 0.5) is 17.1 Å². The number of rotatable bonds is 4. The van der Waals surface area contributed by atoms with E-state index < -0.39 is 0 Å². The maximum atomic E-state index is 6.80. The van der Waals surface area contributed by atoms with Crippen molar-refractivity contribution in [1.82, 2.24) is 0 Å². The third kappa shape index (κ3) is 4.20. The molecule has 9 aromatic carbocycles. The number of hydrogen-bond donors (Lipinski definition) is 0. The molecule has 0 aliphatic rings. The first-order valence-corrected chi connectivity index (χ1v) is 16.4. The van der Waals surface area contributed by atoms with Gasteiger partial charge in [-0.1, -0.05) is 127 Å². The van der Waals surface area contributed by atoms with Crippen molar-refractivity contribution in [2.75, 3.05) is 4.90 Å². The maximum absolute atomic E-state index is 6.80. The van der Waals surface area contributed by atoms with Crippen LogP contribution in [0, 0.1) is 0 Å². The molecule has 0 bridgehead atoms. The molecule has 1 heterocycles. The smallest absolute Gasteiger partial charge is 0.143 e. The van der Waals surface area contributed by atoms with E-state index in [2.05, 4.69) is 181 Å². The van der Waals surface area contributed by atoms with Crippen LogP contribution in [0.2, 0.25) is 0 Å². The molecule has 10 rings (SSSR count). The van der Waals surface area contributed by atoms with Gasteiger partial charge in [0.05, 0.1) is 11.1 Å². The van der Waals surface area contributed by atoms with E-state index in [-0.39, 0.29) is 0 Å². The Morgan fingerprint density at radius 2 is 0.917 bits per heavy atom. The van der Waals surface area contributed by atoms with Gasteiger partial charge in [0.25, 0.3) is 0 Å². The highest BCUT2D eigenvalue weighted by atomic mass is 16.3. The average Bonchev–Trinajstić information content (AvgIpc) is 3.54. The minimum Gasteiger partial charge on any atom is -0.455 e. The van der Waals surface area contributed by atoms with Crippen molar-refractivity contribution in [2.45, 2.75) is 0 Å². The van der Waals surface area contributed by atoms with Gasteiger partial charge in [-0.25, -0.2) is 0 Å². The van der Waals surface area contributed by atoms with E-state index >= 15 is 0 Å². The summed E-state index contributed by atoms with van der Waals surface area (Å²) in [4.78, 5) is 2.39. The summed E-state index contributed by atoms with van der Waals surface area (Å²) in [6, 6.07) is 63.4. The molecule has 0 fully saturated rings. The van der Waals surface area contributed by atoms with Crippen LogP contribution in [0.5, 0.6) is 0 Å². The van der Waals surface area contributed by atoms with E-state index in [1.54, 1.807) is 0 Å². The second-order valence-corrected chi connectivity index (χ2v) is 12.6. The molecule has 2 heteroatoms. The van der Waals surface area contributed by atoms with Gasteiger partial charge in [0.15, 0.2) is 0 Å². The molecule has 0 atom stereocenters. The third-order valence-corrected chi connectivity index (χ3v) is 9.76. The lowest BCUT2D eigenvalue weighted by Gasteiger charge is -2.27. The molecule has 2 nitrogen and oxygen atoms in total. The number of hydrogen-bond acceptors (Lipinski definition) is 2. The van der Waals surface area contributed by atoms with E-state index in [1.807, 2.05) is 0 Å². The summed E-state index contributed by atoms with van der Waals surface area (Å²) in [5.41, 5.74) is 7.45. The van der Waals surface area contributed by atoms with Crippen molar-refractivity contribution in [3.05, 3.63) is 176 Å². The first-order valence-electron chi connectivity index (χ1n) is 16.4. The summed E-state index contributed by atoms with van der Waals surface area (Å²) >= 11 is 0. The number of fused-ring (bicyclic) bond motifs is 8. The molecule has 0 N–H and O–H groups in total. The fourth-order valence-electron chi connectivity index (χ4n) is 7.47. The second-order valence-electron chi connectivity index (χ2n) is 12.6. The highest BCUT2D eigenvalue weighted by molar-refractivity contribution is 6.22. The van der Waals surface area contributed by atoms with Crippen LogP contribution in [0.25, 0.3) is 76.2 Å². The number of furan rings is 1. The molecule has 0 saturated heterocycles. The minimum absolute atomic E-state index is 0.870. The van der Waals surface area contributed by atoms with E-state index in [9.17, 15) is 0 Å². The van der Waals surface area contributed by atoms with Gasteiger partial charge in [-0.15, -0.1) is 0 Å². The Morgan fingerprint density at radius 1 is 0.375 bits per heavy atom. The predicted octanol–water partition coefficient (Wildman–Crippen LogP) is 13.3. The highest BCUT2D eigenvalue weighted by Crippen LogP contribution is 2.47. The zero-order valence-electron chi connectivity index (χ0n) is 26.1. The molecule has 0 unspecified atom stereocenters. The summed E-state index contributed by atoms with van der Waals surface area (Å²) in [5, 5.41) is 11.8. The van der Waals surface area contributed by atoms with Crippen molar-refractivity contribution in [3.8, 4) is 11.1 Å². The molecule has 0 aliphatic heterocycles. The van der Waals surface area contributed by atoms with Crippen molar-refractivity contribution in [1.29, 1.82) is 0 Å². The average molecular weight is 612 g/mol. The predicted molar refractivity (Wildman–Crippen MR) is 204 cm³/mol. The van der Waals surface area contributed by atoms with Crippen molar-refractivity contribution < 1.29 is 4.42 Å². The lowest BCUT2D eigenvalue weighted by atomic mass is 9.93. The molecule has 0 radical (unpaired) electrons. The lowest BCUT2D eigenvalue weighted by Crippen LogP contribution is -2.10. The molecule has 10 aromatic rings. The Morgan fingerprint density at radius 3 is 1.56 bits per heavy atom. The summed E-state index contributed by atoms with van der Waals surface area (Å²) in [5.74, 6) is 0. The maximum Gasteiger partial charge on any atom is 0.143 e. The summed E-state index contributed by atoms with van der Waals surface area (Å²) in [6.45, 7) is 0. The summed E-state index contributed by atoms with van der Waals surface area (Å²) in [6.07, 6.45) is 0. The first-order chi connectivity index (χ1) is 23.8. The van der Waals surface area contributed by atoms with Crippen molar-refractivity contribution >= 4 is 82.1 Å². The van der Waals surface area contributed by atoms with Crippen LogP contribution < -0.4 is 4.90 Å². The number of benzene rings is 9. The zero-order chi connectivity index (χ0) is 31.6. The lowest BCUT2D eigenvalue weighted by molar-refractivity contribution is 0.672. The third-order valence-electron chi connectivity index (χ3n) is 9.76. The van der Waals surface area contributed by atoms with E-state index in [1.165, 1.54) is 48.8 Å². The molecule has 0 amide bonds. The van der Waals surface area contributed by atoms with Crippen LogP contribution in [0.15, 0.2) is 180 Å². The van der Waals surface area contributed by atoms with Crippen LogP contribution >= 0.6 is 0 Å². The molecule has 0 spiro atoms. The second kappa shape index (κ2) is 10.6. The quantitative estimate of drug-likeness (QED) is 0.197. The van der Waals surface area contributed by atoms with Crippen molar-refractivity contribution in [3.63, 3.8) is 0 Å². The fraction of sp³-hybridized carbons (Fsp3) is 0. The SMILES string of the molecule is c1ccc2cc(-c3cc4c(oc5cccc(N(c6ccc7ccccc7c6)c6ccc7ccccc7c6)c54)c4ccccc34)ccc2c1. The van der Waals surface area contributed by atoms with E-state index in [4.69, 9.17) is 4.42 Å². The molecule has 0 aliphatic carbocycles. The molecule has 224 valence electrons. The molecule has 48 heavy (non-hydrogen) atoms. The topological polar surface area (TPSA) is 16.4 Å². The van der Waals surface area contributed by atoms with Gasteiger partial charge in [-0.2, -0.15) is 0 Å². The Kier molecular flexibility index (Phi) is 5.91. The van der Waals surface area contributed by atoms with Crippen LogP contribution in [-0.2, 0) is 0 Å². The number of nitrogens with zero attached hydrogens (tertiary/aromatic N) is 1. The summed E-state index contributed by atoms with van der Waals surface area (Å²) < 4.78 is 6.80. The minimum atomic E-state index is 0.870. The molecule has 0 saturated carbocycles. The van der Waals surface area contributed by atoms with Gasteiger partial charge in [0, 0.05) is 22.1 Å². The van der Waals surface area contributed by atoms with Gasteiger partial charge in [-0.05, 0) is 97.4 Å². The van der Waals surface area contributed by atoms with E-state index in [0.29, 0.717) is 0 Å². The molecule has 1 aromatic heterocycles. The van der Waals surface area contributed by atoms with Crippen molar-refractivity contribution in [2.24, 2.45) is 0 Å². The highest BCUT2D eigenvalue weighted by Gasteiger charge is 2.22. The Bertz CT molecular complexity index is 2780. The first kappa shape index (κ1) is 26.8. The Labute approximate surface area is 277 Å². The van der Waals surface area contributed by atoms with Gasteiger partial charge >= 0.3 is 0 Å². The van der Waals surface area contributed by atoms with Crippen LogP contribution in [0.1, 0.15) is 0 Å². The monoisotopic (exact) mass is 611 g/mol. The van der Waals surface area contributed by atoms with E-state index in [0.717, 1.165) is 44.4 Å². The van der Waals surface area contributed by atoms with Gasteiger partial charge in [0.1, 0.15) is 11.2 Å². The molecular formula is C46H29NO. The fourth-order valence-corrected chi connectivity index (χ4v) is 7.47. The van der Waals surface area contributed by atoms with Gasteiger partial charge in [0.2, 0.25) is 0 Å². The zero-order valence-corrected chi connectivity index (χ0v) is 26.1. The van der Waals surface area contributed by atoms with Crippen LogP contribution in [-0.4, -0.2) is 0 Å². The normalized spacial score (nSPS) is 11.8. The number of anilines is 3. The van der Waals surface area contributed by atoms with Gasteiger partial charge < -0.3 is 9.32 Å². The largest absolute Gasteiger partial charge is 0.455 e. The Balaban J connectivity index is 1.29. The Hall–Kier alpha value is -6.38. The van der Waals surface area contributed by atoms with Crippen LogP contribution in [0.3, 0.4) is 0 Å². The summed E-state index contributed by atoms with van der Waals surface area (Å²) in [7, 11) is 0. The molecular weight excluding hydrogens is 583 g/mol.